The Labute approximate surface area is 163 Å². The molecule has 0 radical (unpaired) electrons. The number of hydrogen-bond acceptors (Lipinski definition) is 2. The quantitative estimate of drug-likeness (QED) is 0.596. The molecule has 0 N–H and O–H groups in total. The lowest BCUT2D eigenvalue weighted by Crippen LogP contribution is -2.21. The second-order valence-corrected chi connectivity index (χ2v) is 8.90. The zero-order chi connectivity index (χ0) is 18.7. The van der Waals surface area contributed by atoms with E-state index in [9.17, 15) is 0 Å². The summed E-state index contributed by atoms with van der Waals surface area (Å²) in [5.41, 5.74) is 5.64. The van der Waals surface area contributed by atoms with Crippen molar-refractivity contribution in [3.8, 4) is 11.1 Å². The van der Waals surface area contributed by atoms with Crippen molar-refractivity contribution in [2.24, 2.45) is 21.3 Å². The Hall–Kier alpha value is -2.22. The molecule has 0 amide bonds. The van der Waals surface area contributed by atoms with E-state index in [0.29, 0.717) is 12.0 Å². The highest BCUT2D eigenvalue weighted by Crippen LogP contribution is 2.39. The highest BCUT2D eigenvalue weighted by atomic mass is 15.0. The molecule has 1 fully saturated rings. The number of aryl methyl sites for hydroxylation is 1. The minimum Gasteiger partial charge on any atom is -0.260 e. The molecule has 0 aromatic heterocycles. The van der Waals surface area contributed by atoms with Crippen LogP contribution < -0.4 is 0 Å². The van der Waals surface area contributed by atoms with Crippen LogP contribution in [0.4, 0.5) is 0 Å². The van der Waals surface area contributed by atoms with Crippen LogP contribution in [0, 0.1) is 11.3 Å². The first kappa shape index (κ1) is 18.2. The third kappa shape index (κ3) is 4.55. The topological polar surface area (TPSA) is 24.7 Å². The van der Waals surface area contributed by atoms with Gasteiger partial charge in [0.1, 0.15) is 0 Å². The van der Waals surface area contributed by atoms with E-state index in [0.717, 1.165) is 17.3 Å². The zero-order valence-corrected chi connectivity index (χ0v) is 16.6. The van der Waals surface area contributed by atoms with E-state index in [-0.39, 0.29) is 0 Å². The number of rotatable bonds is 5. The van der Waals surface area contributed by atoms with Crippen LogP contribution >= 0.6 is 0 Å². The molecule has 1 saturated carbocycles. The van der Waals surface area contributed by atoms with E-state index in [1.165, 1.54) is 55.2 Å². The Morgan fingerprint density at radius 2 is 1.67 bits per heavy atom. The molecule has 0 unspecified atom stereocenters. The number of benzene rings is 2. The lowest BCUT2D eigenvalue weighted by molar-refractivity contribution is 0.185. The molecule has 27 heavy (non-hydrogen) atoms. The van der Waals surface area contributed by atoms with Gasteiger partial charge in [-0.2, -0.15) is 0 Å². The van der Waals surface area contributed by atoms with Crippen molar-refractivity contribution in [2.45, 2.75) is 52.4 Å². The molecule has 1 aliphatic heterocycles. The van der Waals surface area contributed by atoms with Crippen molar-refractivity contribution >= 4 is 12.1 Å². The average Bonchev–Trinajstić information content (AvgIpc) is 3.23. The van der Waals surface area contributed by atoms with Crippen LogP contribution in [0.5, 0.6) is 0 Å². The lowest BCUT2D eigenvalue weighted by Gasteiger charge is -2.34. The molecule has 0 bridgehead atoms. The van der Waals surface area contributed by atoms with Crippen LogP contribution in [0.1, 0.15) is 57.1 Å². The number of amidine groups is 1. The van der Waals surface area contributed by atoms with Crippen LogP contribution in [0.25, 0.3) is 11.1 Å². The Morgan fingerprint density at radius 1 is 0.926 bits per heavy atom. The summed E-state index contributed by atoms with van der Waals surface area (Å²) < 4.78 is 0. The van der Waals surface area contributed by atoms with Crippen molar-refractivity contribution in [3.05, 3.63) is 59.7 Å². The summed E-state index contributed by atoms with van der Waals surface area (Å²) in [6, 6.07) is 17.7. The summed E-state index contributed by atoms with van der Waals surface area (Å²) in [7, 11) is 0. The Bertz CT molecular complexity index is 833. The average molecular weight is 359 g/mol. The fourth-order valence-electron chi connectivity index (χ4n) is 4.28. The molecule has 0 atom stereocenters. The SMILES string of the molecule is CC1(C)CCC(CCc2ccc(-c3cccc(C4=NCC=N4)c3)cc2)CC1. The van der Waals surface area contributed by atoms with Crippen molar-refractivity contribution in [2.75, 3.05) is 6.54 Å². The summed E-state index contributed by atoms with van der Waals surface area (Å²) in [6.45, 7) is 5.54. The Kier molecular flexibility index (Phi) is 5.24. The third-order valence-corrected chi connectivity index (χ3v) is 6.24. The maximum Gasteiger partial charge on any atom is 0.154 e. The molecule has 1 aliphatic carbocycles. The molecule has 2 nitrogen and oxygen atoms in total. The molecule has 2 aromatic rings. The molecule has 4 rings (SSSR count). The third-order valence-electron chi connectivity index (χ3n) is 6.24. The van der Waals surface area contributed by atoms with Crippen LogP contribution in [-0.2, 0) is 6.42 Å². The minimum atomic E-state index is 0.571. The first-order valence-electron chi connectivity index (χ1n) is 10.4. The normalized spacial score (nSPS) is 19.3. The first-order valence-corrected chi connectivity index (χ1v) is 10.4. The number of hydrogen-bond donors (Lipinski definition) is 0. The van der Waals surface area contributed by atoms with Crippen molar-refractivity contribution in [1.29, 1.82) is 0 Å². The maximum absolute atomic E-state index is 4.43. The van der Waals surface area contributed by atoms with Gasteiger partial charge in [0.05, 0.1) is 6.54 Å². The Balaban J connectivity index is 1.38. The summed E-state index contributed by atoms with van der Waals surface area (Å²) >= 11 is 0. The van der Waals surface area contributed by atoms with Gasteiger partial charge in [-0.05, 0) is 72.6 Å². The molecule has 2 aromatic carbocycles. The van der Waals surface area contributed by atoms with Crippen LogP contribution in [-0.4, -0.2) is 18.6 Å². The van der Waals surface area contributed by atoms with Crippen molar-refractivity contribution in [1.82, 2.24) is 0 Å². The summed E-state index contributed by atoms with van der Waals surface area (Å²) in [6.07, 6.45) is 10.0. The van der Waals surface area contributed by atoms with Gasteiger partial charge in [-0.15, -0.1) is 0 Å². The summed E-state index contributed by atoms with van der Waals surface area (Å²) in [5, 5.41) is 0. The molecule has 0 saturated heterocycles. The van der Waals surface area contributed by atoms with Crippen LogP contribution in [0.15, 0.2) is 58.5 Å². The van der Waals surface area contributed by atoms with Gasteiger partial charge in [-0.1, -0.05) is 56.3 Å². The van der Waals surface area contributed by atoms with Gasteiger partial charge in [-0.3, -0.25) is 4.99 Å². The van der Waals surface area contributed by atoms with Gasteiger partial charge >= 0.3 is 0 Å². The van der Waals surface area contributed by atoms with Gasteiger partial charge < -0.3 is 0 Å². The Morgan fingerprint density at radius 3 is 2.37 bits per heavy atom. The van der Waals surface area contributed by atoms with Crippen LogP contribution in [0.2, 0.25) is 0 Å². The molecule has 0 spiro atoms. The van der Waals surface area contributed by atoms with Crippen molar-refractivity contribution < 1.29 is 0 Å². The predicted molar refractivity (Wildman–Crippen MR) is 116 cm³/mol. The smallest absolute Gasteiger partial charge is 0.154 e. The number of nitrogens with zero attached hydrogens (tertiary/aromatic N) is 2. The van der Waals surface area contributed by atoms with Gasteiger partial charge in [0.25, 0.3) is 0 Å². The standard InChI is InChI=1S/C25H30N2/c1-25(2)14-12-20(13-15-25)7-6-19-8-10-21(11-9-19)22-4-3-5-23(18-22)24-26-16-17-27-24/h3-5,8-11,16,18,20H,6-7,12-15,17H2,1-2H3. The molecular formula is C25H30N2. The fraction of sp³-hybridized carbons (Fsp3) is 0.440. The number of aliphatic imine (C=N–C) groups is 2. The highest BCUT2D eigenvalue weighted by molar-refractivity contribution is 6.06. The van der Waals surface area contributed by atoms with E-state index in [4.69, 9.17) is 0 Å². The maximum atomic E-state index is 4.43. The van der Waals surface area contributed by atoms with E-state index >= 15 is 0 Å². The van der Waals surface area contributed by atoms with E-state index < -0.39 is 0 Å². The zero-order valence-electron chi connectivity index (χ0n) is 16.6. The monoisotopic (exact) mass is 358 g/mol. The van der Waals surface area contributed by atoms with Gasteiger partial charge in [0.2, 0.25) is 0 Å². The van der Waals surface area contributed by atoms with Gasteiger partial charge in [-0.25, -0.2) is 4.99 Å². The van der Waals surface area contributed by atoms with Crippen molar-refractivity contribution in [3.63, 3.8) is 0 Å². The molecule has 2 heteroatoms. The largest absolute Gasteiger partial charge is 0.260 e. The minimum absolute atomic E-state index is 0.571. The highest BCUT2D eigenvalue weighted by Gasteiger charge is 2.26. The molecule has 2 aliphatic rings. The van der Waals surface area contributed by atoms with Crippen LogP contribution in [0.3, 0.4) is 0 Å². The predicted octanol–water partition coefficient (Wildman–Crippen LogP) is 6.33. The summed E-state index contributed by atoms with van der Waals surface area (Å²) in [5.74, 6) is 1.77. The summed E-state index contributed by atoms with van der Waals surface area (Å²) in [4.78, 5) is 8.78. The molecular weight excluding hydrogens is 328 g/mol. The van der Waals surface area contributed by atoms with Gasteiger partial charge in [0, 0.05) is 11.8 Å². The molecule has 1 heterocycles. The van der Waals surface area contributed by atoms with Gasteiger partial charge in [0.15, 0.2) is 5.84 Å². The second-order valence-electron chi connectivity index (χ2n) is 8.90. The lowest BCUT2D eigenvalue weighted by atomic mass is 9.72. The fourth-order valence-corrected chi connectivity index (χ4v) is 4.28. The van der Waals surface area contributed by atoms with E-state index in [2.05, 4.69) is 72.4 Å². The molecule has 140 valence electrons. The van der Waals surface area contributed by atoms with E-state index in [1.807, 2.05) is 6.21 Å². The second kappa shape index (κ2) is 7.80. The van der Waals surface area contributed by atoms with E-state index in [1.54, 1.807) is 0 Å². The first-order chi connectivity index (χ1) is 13.1.